The number of hydrogen-bond donors (Lipinski definition) is 1. The predicted octanol–water partition coefficient (Wildman–Crippen LogP) is 2.46. The Morgan fingerprint density at radius 1 is 1.17 bits per heavy atom. The molecule has 0 unspecified atom stereocenters. The second kappa shape index (κ2) is 8.59. The Labute approximate surface area is 142 Å². The van der Waals surface area contributed by atoms with Crippen LogP contribution < -0.4 is 5.32 Å². The summed E-state index contributed by atoms with van der Waals surface area (Å²) in [5, 5.41) is 4.60. The monoisotopic (exact) mass is 351 g/mol. The third-order valence-corrected chi connectivity index (χ3v) is 5.01. The van der Waals surface area contributed by atoms with Gasteiger partial charge in [-0.1, -0.05) is 6.07 Å². The standard InChI is InChI=1S/C16H17NO4S2/c1-11(18)17-7-6-12-4-5-15(23-12)14(19)10-21-16(20)9-13-3-2-8-22-13/h2-5,8H,6-7,9-10H2,1H3,(H,17,18). The Hall–Kier alpha value is -1.99. The average Bonchev–Trinajstić information content (AvgIpc) is 3.16. The number of Topliss-reactive ketones (excluding diaryl/α,β-unsaturated/α-hetero) is 1. The van der Waals surface area contributed by atoms with Crippen molar-refractivity contribution >= 4 is 40.3 Å². The highest BCUT2D eigenvalue weighted by Crippen LogP contribution is 2.18. The Bertz CT molecular complexity index is 676. The maximum Gasteiger partial charge on any atom is 0.311 e. The minimum Gasteiger partial charge on any atom is -0.457 e. The zero-order valence-corrected chi connectivity index (χ0v) is 14.3. The third kappa shape index (κ3) is 5.96. The van der Waals surface area contributed by atoms with Crippen LogP contribution in [0.2, 0.25) is 0 Å². The van der Waals surface area contributed by atoms with Crippen LogP contribution in [-0.4, -0.2) is 30.8 Å². The second-order valence-electron chi connectivity index (χ2n) is 4.84. The van der Waals surface area contributed by atoms with Crippen molar-refractivity contribution in [3.8, 4) is 0 Å². The molecule has 2 aromatic heterocycles. The molecule has 1 N–H and O–H groups in total. The molecule has 122 valence electrons. The highest BCUT2D eigenvalue weighted by molar-refractivity contribution is 7.14. The van der Waals surface area contributed by atoms with E-state index in [1.807, 2.05) is 23.6 Å². The molecule has 5 nitrogen and oxygen atoms in total. The minimum atomic E-state index is -0.400. The van der Waals surface area contributed by atoms with Crippen LogP contribution in [0.25, 0.3) is 0 Å². The molecular weight excluding hydrogens is 334 g/mol. The summed E-state index contributed by atoms with van der Waals surface area (Å²) in [6.45, 7) is 1.77. The van der Waals surface area contributed by atoms with Gasteiger partial charge in [0.1, 0.15) is 0 Å². The van der Waals surface area contributed by atoms with E-state index >= 15 is 0 Å². The fourth-order valence-electron chi connectivity index (χ4n) is 1.85. The van der Waals surface area contributed by atoms with E-state index in [-0.39, 0.29) is 24.7 Å². The molecule has 0 aliphatic rings. The van der Waals surface area contributed by atoms with Crippen molar-refractivity contribution in [2.75, 3.05) is 13.2 Å². The van der Waals surface area contributed by atoms with Gasteiger partial charge in [-0.25, -0.2) is 0 Å². The number of esters is 1. The Morgan fingerprint density at radius 3 is 2.70 bits per heavy atom. The lowest BCUT2D eigenvalue weighted by Crippen LogP contribution is -2.22. The summed E-state index contributed by atoms with van der Waals surface area (Å²) in [4.78, 5) is 36.9. The topological polar surface area (TPSA) is 72.5 Å². The van der Waals surface area contributed by atoms with Crippen LogP contribution >= 0.6 is 22.7 Å². The minimum absolute atomic E-state index is 0.0736. The summed E-state index contributed by atoms with van der Waals surface area (Å²) in [5.41, 5.74) is 0. The van der Waals surface area contributed by atoms with E-state index in [2.05, 4.69) is 5.32 Å². The van der Waals surface area contributed by atoms with Crippen LogP contribution in [0.1, 0.15) is 26.3 Å². The van der Waals surface area contributed by atoms with Gasteiger partial charge < -0.3 is 10.1 Å². The summed E-state index contributed by atoms with van der Waals surface area (Å²) in [6, 6.07) is 7.30. The molecule has 2 heterocycles. The molecule has 7 heteroatoms. The first kappa shape index (κ1) is 17.4. The van der Waals surface area contributed by atoms with Gasteiger partial charge in [0.05, 0.1) is 11.3 Å². The van der Waals surface area contributed by atoms with Gasteiger partial charge in [0.2, 0.25) is 11.7 Å². The Morgan fingerprint density at radius 2 is 2.00 bits per heavy atom. The van der Waals surface area contributed by atoms with Gasteiger partial charge in [-0.2, -0.15) is 0 Å². The molecule has 0 saturated heterocycles. The smallest absolute Gasteiger partial charge is 0.311 e. The van der Waals surface area contributed by atoms with E-state index in [1.165, 1.54) is 29.6 Å². The van der Waals surface area contributed by atoms with E-state index < -0.39 is 5.97 Å². The number of rotatable bonds is 8. The van der Waals surface area contributed by atoms with E-state index in [4.69, 9.17) is 4.74 Å². The van der Waals surface area contributed by atoms with E-state index in [1.54, 1.807) is 6.07 Å². The van der Waals surface area contributed by atoms with E-state index in [0.29, 0.717) is 17.8 Å². The fraction of sp³-hybridized carbons (Fsp3) is 0.312. The molecule has 0 bridgehead atoms. The largest absolute Gasteiger partial charge is 0.457 e. The summed E-state index contributed by atoms with van der Waals surface area (Å²) in [7, 11) is 0. The van der Waals surface area contributed by atoms with Crippen LogP contribution in [0.4, 0.5) is 0 Å². The van der Waals surface area contributed by atoms with Crippen molar-refractivity contribution in [3.63, 3.8) is 0 Å². The molecule has 2 aromatic rings. The zero-order valence-electron chi connectivity index (χ0n) is 12.7. The first-order chi connectivity index (χ1) is 11.0. The summed E-state index contributed by atoms with van der Waals surface area (Å²) in [5.74, 6) is -0.681. The fourth-order valence-corrected chi connectivity index (χ4v) is 3.47. The SMILES string of the molecule is CC(=O)NCCc1ccc(C(=O)COC(=O)Cc2cccs2)s1. The highest BCUT2D eigenvalue weighted by atomic mass is 32.1. The quantitative estimate of drug-likeness (QED) is 0.586. The van der Waals surface area contributed by atoms with Crippen LogP contribution in [-0.2, 0) is 27.2 Å². The zero-order chi connectivity index (χ0) is 16.7. The van der Waals surface area contributed by atoms with Gasteiger partial charge >= 0.3 is 5.97 Å². The van der Waals surface area contributed by atoms with Gasteiger partial charge in [-0.05, 0) is 30.0 Å². The van der Waals surface area contributed by atoms with Gasteiger partial charge in [0.25, 0.3) is 0 Å². The summed E-state index contributed by atoms with van der Waals surface area (Å²) < 4.78 is 5.02. The number of amides is 1. The molecule has 2 rings (SSSR count). The molecule has 0 fully saturated rings. The highest BCUT2D eigenvalue weighted by Gasteiger charge is 2.13. The lowest BCUT2D eigenvalue weighted by Gasteiger charge is -2.02. The lowest BCUT2D eigenvalue weighted by molar-refractivity contribution is -0.141. The number of thiophene rings is 2. The van der Waals surface area contributed by atoms with Crippen LogP contribution in [0, 0.1) is 0 Å². The lowest BCUT2D eigenvalue weighted by atomic mass is 10.3. The van der Waals surface area contributed by atoms with Gasteiger partial charge in [-0.3, -0.25) is 14.4 Å². The molecular formula is C16H17NO4S2. The number of hydrogen-bond acceptors (Lipinski definition) is 6. The Balaban J connectivity index is 1.76. The van der Waals surface area contributed by atoms with Crippen molar-refractivity contribution in [1.29, 1.82) is 0 Å². The molecule has 0 saturated carbocycles. The van der Waals surface area contributed by atoms with Crippen molar-refractivity contribution in [2.45, 2.75) is 19.8 Å². The van der Waals surface area contributed by atoms with Crippen molar-refractivity contribution < 1.29 is 19.1 Å². The third-order valence-electron chi connectivity index (χ3n) is 2.94. The molecule has 1 amide bonds. The normalized spacial score (nSPS) is 10.3. The summed E-state index contributed by atoms with van der Waals surface area (Å²) >= 11 is 2.84. The molecule has 0 aliphatic carbocycles. The van der Waals surface area contributed by atoms with Gasteiger partial charge in [0, 0.05) is 23.2 Å². The van der Waals surface area contributed by atoms with Crippen LogP contribution in [0.3, 0.4) is 0 Å². The predicted molar refractivity (Wildman–Crippen MR) is 90.0 cm³/mol. The van der Waals surface area contributed by atoms with E-state index in [0.717, 1.165) is 9.75 Å². The maximum absolute atomic E-state index is 12.0. The number of ether oxygens (including phenoxy) is 1. The van der Waals surface area contributed by atoms with Gasteiger partial charge in [-0.15, -0.1) is 22.7 Å². The number of ketones is 1. The average molecular weight is 351 g/mol. The van der Waals surface area contributed by atoms with Crippen molar-refractivity contribution in [3.05, 3.63) is 44.3 Å². The van der Waals surface area contributed by atoms with Crippen LogP contribution in [0.5, 0.6) is 0 Å². The second-order valence-corrected chi connectivity index (χ2v) is 7.04. The summed E-state index contributed by atoms with van der Waals surface area (Å²) in [6.07, 6.45) is 0.868. The maximum atomic E-state index is 12.0. The van der Waals surface area contributed by atoms with Crippen molar-refractivity contribution in [1.82, 2.24) is 5.32 Å². The first-order valence-corrected chi connectivity index (χ1v) is 8.78. The van der Waals surface area contributed by atoms with Crippen LogP contribution in [0.15, 0.2) is 29.6 Å². The number of carbonyl (C=O) groups excluding carboxylic acids is 3. The first-order valence-electron chi connectivity index (χ1n) is 7.09. The molecule has 0 aromatic carbocycles. The number of nitrogens with one attached hydrogen (secondary N) is 1. The molecule has 0 atom stereocenters. The van der Waals surface area contributed by atoms with Crippen molar-refractivity contribution in [2.24, 2.45) is 0 Å². The number of carbonyl (C=O) groups is 3. The molecule has 0 spiro atoms. The Kier molecular flexibility index (Phi) is 6.49. The molecule has 0 radical (unpaired) electrons. The molecule has 0 aliphatic heterocycles. The van der Waals surface area contributed by atoms with E-state index in [9.17, 15) is 14.4 Å². The van der Waals surface area contributed by atoms with Gasteiger partial charge in [0.15, 0.2) is 6.61 Å². The molecule has 23 heavy (non-hydrogen) atoms.